The third kappa shape index (κ3) is 3.56. The number of aromatic nitrogens is 1. The predicted molar refractivity (Wildman–Crippen MR) is 81.2 cm³/mol. The molecule has 0 bridgehead atoms. The van der Waals surface area contributed by atoms with Crippen LogP contribution in [0, 0.1) is 13.8 Å². The van der Waals surface area contributed by atoms with Gasteiger partial charge in [0, 0.05) is 31.7 Å². The molecule has 6 nitrogen and oxygen atoms in total. The first-order valence-corrected chi connectivity index (χ1v) is 7.77. The van der Waals surface area contributed by atoms with Crippen LogP contribution in [-0.2, 0) is 0 Å². The minimum absolute atomic E-state index is 0.0117. The third-order valence-corrected chi connectivity index (χ3v) is 4.25. The van der Waals surface area contributed by atoms with Gasteiger partial charge in [0.25, 0.3) is 0 Å². The van der Waals surface area contributed by atoms with E-state index in [9.17, 15) is 4.79 Å². The summed E-state index contributed by atoms with van der Waals surface area (Å²) in [6, 6.07) is -0.0226. The van der Waals surface area contributed by atoms with Gasteiger partial charge >= 0.3 is 6.03 Å². The van der Waals surface area contributed by atoms with E-state index in [1.165, 1.54) is 0 Å². The van der Waals surface area contributed by atoms with Gasteiger partial charge < -0.3 is 19.6 Å². The molecule has 6 heteroatoms. The monoisotopic (exact) mass is 294 g/mol. The maximum absolute atomic E-state index is 12.4. The highest BCUT2D eigenvalue weighted by Crippen LogP contribution is 2.24. The maximum Gasteiger partial charge on any atom is 0.317 e. The molecule has 2 heterocycles. The van der Waals surface area contributed by atoms with Gasteiger partial charge in [-0.05, 0) is 26.8 Å². The van der Waals surface area contributed by atoms with E-state index in [0.29, 0.717) is 0 Å². The smallest absolute Gasteiger partial charge is 0.317 e. The molecule has 1 atom stereocenters. The summed E-state index contributed by atoms with van der Waals surface area (Å²) in [4.78, 5) is 16.7. The Hall–Kier alpha value is -1.56. The van der Waals surface area contributed by atoms with Crippen LogP contribution in [0.5, 0.6) is 0 Å². The van der Waals surface area contributed by atoms with Crippen LogP contribution in [0.4, 0.5) is 4.79 Å². The number of hydrogen-bond donors (Lipinski definition) is 1. The fraction of sp³-hybridized carbons (Fsp3) is 0.733. The lowest BCUT2D eigenvalue weighted by Gasteiger charge is -2.34. The van der Waals surface area contributed by atoms with Crippen LogP contribution < -0.4 is 5.32 Å². The Kier molecular flexibility index (Phi) is 5.22. The summed E-state index contributed by atoms with van der Waals surface area (Å²) < 4.78 is 5.21. The quantitative estimate of drug-likeness (QED) is 0.923. The first-order chi connectivity index (χ1) is 10.1. The number of piperazine rings is 1. The molecule has 0 aromatic carbocycles. The molecule has 1 aromatic heterocycles. The van der Waals surface area contributed by atoms with Gasteiger partial charge in [-0.15, -0.1) is 0 Å². The summed E-state index contributed by atoms with van der Waals surface area (Å²) in [5, 5.41) is 7.10. The van der Waals surface area contributed by atoms with E-state index >= 15 is 0 Å². The molecule has 1 fully saturated rings. The van der Waals surface area contributed by atoms with E-state index in [1.54, 1.807) is 0 Å². The van der Waals surface area contributed by atoms with Crippen LogP contribution in [0.1, 0.15) is 43.3 Å². The number of hydrogen-bond acceptors (Lipinski definition) is 4. The number of nitrogens with zero attached hydrogens (tertiary/aromatic N) is 3. The Morgan fingerprint density at radius 1 is 1.29 bits per heavy atom. The summed E-state index contributed by atoms with van der Waals surface area (Å²) >= 11 is 0. The van der Waals surface area contributed by atoms with Crippen molar-refractivity contribution >= 4 is 6.03 Å². The van der Waals surface area contributed by atoms with Crippen LogP contribution in [0.2, 0.25) is 0 Å². The second-order valence-electron chi connectivity index (χ2n) is 5.57. The Labute approximate surface area is 126 Å². The lowest BCUT2D eigenvalue weighted by Crippen LogP contribution is -2.52. The Balaban J connectivity index is 1.98. The standard InChI is InChI=1S/C15H26N4O2/c1-5-13(14-11(3)17-21-12(14)4)16-15(20)19-9-7-18(6-2)8-10-19/h13H,5-10H2,1-4H3,(H,16,20). The number of likely N-dealkylation sites (N-methyl/N-ethyl adjacent to an activating group) is 1. The van der Waals surface area contributed by atoms with Gasteiger partial charge in [-0.1, -0.05) is 19.0 Å². The van der Waals surface area contributed by atoms with Gasteiger partial charge in [0.15, 0.2) is 0 Å². The van der Waals surface area contributed by atoms with Crippen LogP contribution >= 0.6 is 0 Å². The molecule has 21 heavy (non-hydrogen) atoms. The highest BCUT2D eigenvalue weighted by Gasteiger charge is 2.25. The molecule has 1 aromatic rings. The molecule has 0 spiro atoms. The van der Waals surface area contributed by atoms with Gasteiger partial charge in [0.1, 0.15) is 5.76 Å². The van der Waals surface area contributed by atoms with Crippen LogP contribution in [0.15, 0.2) is 4.52 Å². The number of carbonyl (C=O) groups excluding carboxylic acids is 1. The average Bonchev–Trinajstić information content (AvgIpc) is 2.84. The summed E-state index contributed by atoms with van der Waals surface area (Å²) in [6.45, 7) is 12.6. The van der Waals surface area contributed by atoms with Gasteiger partial charge in [0.05, 0.1) is 11.7 Å². The van der Waals surface area contributed by atoms with E-state index in [2.05, 4.69) is 29.2 Å². The maximum atomic E-state index is 12.4. The summed E-state index contributed by atoms with van der Waals surface area (Å²) in [5.41, 5.74) is 1.87. The van der Waals surface area contributed by atoms with Crippen molar-refractivity contribution in [1.82, 2.24) is 20.3 Å². The van der Waals surface area contributed by atoms with Crippen molar-refractivity contribution in [1.29, 1.82) is 0 Å². The molecule has 1 saturated heterocycles. The zero-order chi connectivity index (χ0) is 15.4. The van der Waals surface area contributed by atoms with E-state index in [-0.39, 0.29) is 12.1 Å². The Bertz CT molecular complexity index is 459. The molecule has 118 valence electrons. The summed E-state index contributed by atoms with van der Waals surface area (Å²) in [5.74, 6) is 0.787. The van der Waals surface area contributed by atoms with Gasteiger partial charge in [-0.2, -0.15) is 0 Å². The van der Waals surface area contributed by atoms with E-state index in [0.717, 1.165) is 56.2 Å². The molecular formula is C15H26N4O2. The molecule has 1 unspecified atom stereocenters. The number of urea groups is 1. The highest BCUT2D eigenvalue weighted by atomic mass is 16.5. The first-order valence-electron chi connectivity index (χ1n) is 7.77. The Morgan fingerprint density at radius 2 is 1.95 bits per heavy atom. The van der Waals surface area contributed by atoms with Crippen LogP contribution in [0.3, 0.4) is 0 Å². The fourth-order valence-corrected chi connectivity index (χ4v) is 2.87. The van der Waals surface area contributed by atoms with Gasteiger partial charge in [0.2, 0.25) is 0 Å². The molecule has 0 radical (unpaired) electrons. The predicted octanol–water partition coefficient (Wildman–Crippen LogP) is 2.09. The number of nitrogens with one attached hydrogen (secondary N) is 1. The molecule has 2 rings (SSSR count). The number of rotatable bonds is 4. The molecule has 1 aliphatic heterocycles. The second-order valence-corrected chi connectivity index (χ2v) is 5.57. The third-order valence-electron chi connectivity index (χ3n) is 4.25. The zero-order valence-electron chi connectivity index (χ0n) is 13.5. The van der Waals surface area contributed by atoms with Gasteiger partial charge in [-0.3, -0.25) is 0 Å². The molecule has 1 N–H and O–H groups in total. The van der Waals surface area contributed by atoms with Gasteiger partial charge in [-0.25, -0.2) is 4.79 Å². The van der Waals surface area contributed by atoms with Crippen molar-refractivity contribution < 1.29 is 9.32 Å². The zero-order valence-corrected chi connectivity index (χ0v) is 13.5. The van der Waals surface area contributed by atoms with Crippen molar-refractivity contribution in [2.75, 3.05) is 32.7 Å². The largest absolute Gasteiger partial charge is 0.361 e. The summed E-state index contributed by atoms with van der Waals surface area (Å²) in [6.07, 6.45) is 0.823. The normalized spacial score (nSPS) is 17.8. The number of aryl methyl sites for hydroxylation is 2. The molecule has 1 aliphatic rings. The number of carbonyl (C=O) groups is 1. The van der Waals surface area contributed by atoms with E-state index in [4.69, 9.17) is 4.52 Å². The van der Waals surface area contributed by atoms with Crippen molar-refractivity contribution in [2.24, 2.45) is 0 Å². The molecule has 0 aliphatic carbocycles. The highest BCUT2D eigenvalue weighted by molar-refractivity contribution is 5.75. The molecule has 2 amide bonds. The average molecular weight is 294 g/mol. The first kappa shape index (κ1) is 15.8. The lowest BCUT2D eigenvalue weighted by atomic mass is 10.0. The minimum atomic E-state index is -0.0343. The fourth-order valence-electron chi connectivity index (χ4n) is 2.87. The molecular weight excluding hydrogens is 268 g/mol. The SMILES string of the molecule is CCC(NC(=O)N1CCN(CC)CC1)c1c(C)noc1C. The lowest BCUT2D eigenvalue weighted by molar-refractivity contribution is 0.140. The van der Waals surface area contributed by atoms with E-state index < -0.39 is 0 Å². The second kappa shape index (κ2) is 6.93. The topological polar surface area (TPSA) is 61.6 Å². The van der Waals surface area contributed by atoms with Crippen LogP contribution in [0.25, 0.3) is 0 Å². The van der Waals surface area contributed by atoms with Crippen molar-refractivity contribution in [3.8, 4) is 0 Å². The van der Waals surface area contributed by atoms with Crippen LogP contribution in [-0.4, -0.2) is 53.7 Å². The molecule has 0 saturated carbocycles. The van der Waals surface area contributed by atoms with Crippen molar-refractivity contribution in [3.05, 3.63) is 17.0 Å². The Morgan fingerprint density at radius 3 is 2.43 bits per heavy atom. The van der Waals surface area contributed by atoms with Crippen molar-refractivity contribution in [2.45, 2.75) is 40.2 Å². The number of amides is 2. The summed E-state index contributed by atoms with van der Waals surface area (Å²) in [7, 11) is 0. The van der Waals surface area contributed by atoms with Crippen molar-refractivity contribution in [3.63, 3.8) is 0 Å². The van der Waals surface area contributed by atoms with E-state index in [1.807, 2.05) is 18.7 Å². The minimum Gasteiger partial charge on any atom is -0.361 e.